The summed E-state index contributed by atoms with van der Waals surface area (Å²) in [6.07, 6.45) is 1.28. The van der Waals surface area contributed by atoms with Crippen LogP contribution < -0.4 is 11.2 Å². The van der Waals surface area contributed by atoms with Gasteiger partial charge < -0.3 is 15.0 Å². The summed E-state index contributed by atoms with van der Waals surface area (Å²) in [5.74, 6) is -3.28. The molecule has 0 amide bonds. The molecule has 0 radical (unpaired) electrons. The molecule has 5 nitrogen and oxygen atoms in total. The largest absolute Gasteiger partial charge is 0.462 e. The Morgan fingerprint density at radius 3 is 2.59 bits per heavy atom. The Morgan fingerprint density at radius 1 is 1.41 bits per heavy atom. The van der Waals surface area contributed by atoms with Crippen LogP contribution in [0.3, 0.4) is 0 Å². The van der Waals surface area contributed by atoms with Gasteiger partial charge in [0, 0.05) is 18.3 Å². The van der Waals surface area contributed by atoms with E-state index in [9.17, 15) is 18.4 Å². The van der Waals surface area contributed by atoms with Gasteiger partial charge in [-0.05, 0) is 20.8 Å². The molecule has 2 N–H and O–H groups in total. The van der Waals surface area contributed by atoms with Gasteiger partial charge in [0.1, 0.15) is 5.56 Å². The maximum Gasteiger partial charge on any atom is 0.343 e. The number of esters is 1. The van der Waals surface area contributed by atoms with Crippen molar-refractivity contribution in [1.29, 1.82) is 0 Å². The molecule has 22 heavy (non-hydrogen) atoms. The van der Waals surface area contributed by atoms with Crippen molar-refractivity contribution in [2.24, 2.45) is 0 Å². The van der Waals surface area contributed by atoms with Crippen LogP contribution >= 0.6 is 0 Å². The maximum absolute atomic E-state index is 13.7. The zero-order valence-electron chi connectivity index (χ0n) is 12.4. The van der Waals surface area contributed by atoms with Gasteiger partial charge in [0.05, 0.1) is 23.2 Å². The highest BCUT2D eigenvalue weighted by Crippen LogP contribution is 2.26. The van der Waals surface area contributed by atoms with Gasteiger partial charge in [-0.15, -0.1) is 0 Å². The molecule has 118 valence electrons. The van der Waals surface area contributed by atoms with Crippen LogP contribution in [0.1, 0.15) is 37.2 Å². The van der Waals surface area contributed by atoms with Crippen molar-refractivity contribution in [1.82, 2.24) is 4.57 Å². The van der Waals surface area contributed by atoms with E-state index in [1.807, 2.05) is 0 Å². The zero-order valence-corrected chi connectivity index (χ0v) is 12.4. The first kappa shape index (κ1) is 15.9. The molecule has 0 saturated carbocycles. The van der Waals surface area contributed by atoms with Crippen LogP contribution in [0.15, 0.2) is 17.1 Å². The summed E-state index contributed by atoms with van der Waals surface area (Å²) in [4.78, 5) is 24.3. The molecule has 0 saturated heterocycles. The third-order valence-electron chi connectivity index (χ3n) is 3.30. The number of hydrogen-bond donors (Lipinski definition) is 1. The van der Waals surface area contributed by atoms with Gasteiger partial charge in [-0.1, -0.05) is 0 Å². The molecule has 1 aromatic heterocycles. The molecule has 0 unspecified atom stereocenters. The SMILES string of the molecule is CCOC(=O)c1cn(C(C)C)c2cc(F)c(F)c(N)c2c1=O. The number of nitrogen functional groups attached to an aromatic ring is 1. The van der Waals surface area contributed by atoms with E-state index in [2.05, 4.69) is 0 Å². The number of nitrogens with two attached hydrogens (primary N) is 1. The molecular weight excluding hydrogens is 294 g/mol. The Labute approximate surface area is 125 Å². The summed E-state index contributed by atoms with van der Waals surface area (Å²) in [5, 5.41) is -0.224. The molecule has 2 aromatic rings. The first-order valence-corrected chi connectivity index (χ1v) is 6.79. The molecule has 2 rings (SSSR count). The van der Waals surface area contributed by atoms with Crippen LogP contribution in [0.5, 0.6) is 0 Å². The lowest BCUT2D eigenvalue weighted by atomic mass is 10.1. The van der Waals surface area contributed by atoms with E-state index in [1.165, 1.54) is 10.8 Å². The van der Waals surface area contributed by atoms with Crippen LogP contribution in [-0.4, -0.2) is 17.1 Å². The number of hydrogen-bond acceptors (Lipinski definition) is 4. The van der Waals surface area contributed by atoms with Gasteiger partial charge in [0.2, 0.25) is 5.43 Å². The molecule has 0 aliphatic heterocycles. The molecule has 1 heterocycles. The van der Waals surface area contributed by atoms with Crippen LogP contribution in [0.2, 0.25) is 0 Å². The summed E-state index contributed by atoms with van der Waals surface area (Å²) < 4.78 is 33.6. The summed E-state index contributed by atoms with van der Waals surface area (Å²) in [6.45, 7) is 5.24. The van der Waals surface area contributed by atoms with Crippen molar-refractivity contribution in [3.63, 3.8) is 0 Å². The fourth-order valence-corrected chi connectivity index (χ4v) is 2.26. The van der Waals surface area contributed by atoms with Crippen LogP contribution in [-0.2, 0) is 4.74 Å². The van der Waals surface area contributed by atoms with E-state index < -0.39 is 28.7 Å². The first-order chi connectivity index (χ1) is 10.3. The third-order valence-corrected chi connectivity index (χ3v) is 3.30. The predicted molar refractivity (Wildman–Crippen MR) is 78.9 cm³/mol. The third kappa shape index (κ3) is 2.43. The molecular formula is C15H16F2N2O3. The Kier molecular flexibility index (Phi) is 4.16. The summed E-state index contributed by atoms with van der Waals surface area (Å²) >= 11 is 0. The van der Waals surface area contributed by atoms with Gasteiger partial charge in [-0.3, -0.25) is 4.79 Å². The smallest absolute Gasteiger partial charge is 0.343 e. The number of carbonyl (C=O) groups is 1. The van der Waals surface area contributed by atoms with E-state index in [0.717, 1.165) is 6.07 Å². The average Bonchev–Trinajstić information content (AvgIpc) is 2.44. The number of halogens is 2. The van der Waals surface area contributed by atoms with Crippen LogP contribution in [0, 0.1) is 11.6 Å². The monoisotopic (exact) mass is 310 g/mol. The van der Waals surface area contributed by atoms with E-state index in [0.29, 0.717) is 0 Å². The second kappa shape index (κ2) is 5.75. The highest BCUT2D eigenvalue weighted by molar-refractivity contribution is 5.98. The lowest BCUT2D eigenvalue weighted by molar-refractivity contribution is 0.0524. The van der Waals surface area contributed by atoms with Crippen molar-refractivity contribution in [2.45, 2.75) is 26.8 Å². The van der Waals surface area contributed by atoms with Gasteiger partial charge >= 0.3 is 5.97 Å². The lowest BCUT2D eigenvalue weighted by Crippen LogP contribution is -2.23. The topological polar surface area (TPSA) is 74.3 Å². The number of anilines is 1. The normalized spacial score (nSPS) is 11.2. The van der Waals surface area contributed by atoms with Gasteiger partial charge in [0.25, 0.3) is 0 Å². The molecule has 0 fully saturated rings. The van der Waals surface area contributed by atoms with E-state index in [-0.39, 0.29) is 29.1 Å². The second-order valence-corrected chi connectivity index (χ2v) is 5.07. The van der Waals surface area contributed by atoms with Crippen LogP contribution in [0.4, 0.5) is 14.5 Å². The summed E-state index contributed by atoms with van der Waals surface area (Å²) in [7, 11) is 0. The van der Waals surface area contributed by atoms with Crippen molar-refractivity contribution in [3.05, 3.63) is 39.7 Å². The highest BCUT2D eigenvalue weighted by Gasteiger charge is 2.22. The maximum atomic E-state index is 13.7. The minimum atomic E-state index is -1.30. The summed E-state index contributed by atoms with van der Waals surface area (Å²) in [5.41, 5.74) is 4.03. The van der Waals surface area contributed by atoms with Gasteiger partial charge in [-0.2, -0.15) is 0 Å². The fourth-order valence-electron chi connectivity index (χ4n) is 2.26. The number of rotatable bonds is 3. The molecule has 0 spiro atoms. The number of pyridine rings is 1. The van der Waals surface area contributed by atoms with Crippen molar-refractivity contribution < 1.29 is 18.3 Å². The molecule has 0 atom stereocenters. The number of nitrogens with zero attached hydrogens (tertiary/aromatic N) is 1. The molecule has 0 bridgehead atoms. The van der Waals surface area contributed by atoms with E-state index in [1.54, 1.807) is 20.8 Å². The van der Waals surface area contributed by atoms with E-state index in [4.69, 9.17) is 10.5 Å². The van der Waals surface area contributed by atoms with Crippen LogP contribution in [0.25, 0.3) is 10.9 Å². The van der Waals surface area contributed by atoms with E-state index >= 15 is 0 Å². The minimum Gasteiger partial charge on any atom is -0.462 e. The van der Waals surface area contributed by atoms with Crippen molar-refractivity contribution in [2.75, 3.05) is 12.3 Å². The van der Waals surface area contributed by atoms with Gasteiger partial charge in [-0.25, -0.2) is 13.6 Å². The van der Waals surface area contributed by atoms with Gasteiger partial charge in [0.15, 0.2) is 11.6 Å². The van der Waals surface area contributed by atoms with Crippen molar-refractivity contribution in [3.8, 4) is 0 Å². The number of ether oxygens (including phenoxy) is 1. The number of carbonyl (C=O) groups excluding carboxylic acids is 1. The number of fused-ring (bicyclic) bond motifs is 1. The Hall–Kier alpha value is -2.44. The average molecular weight is 310 g/mol. The standard InChI is InChI=1S/C15H16F2N2O3/c1-4-22-15(21)8-6-19(7(2)3)10-5-9(16)12(17)13(18)11(10)14(8)20/h5-7H,4,18H2,1-3H3. The minimum absolute atomic E-state index is 0.0885. The second-order valence-electron chi connectivity index (χ2n) is 5.07. The zero-order chi connectivity index (χ0) is 16.6. The lowest BCUT2D eigenvalue weighted by Gasteiger charge is -2.17. The Balaban J connectivity index is 2.96. The molecule has 1 aromatic carbocycles. The van der Waals surface area contributed by atoms with Crippen molar-refractivity contribution >= 4 is 22.6 Å². The predicted octanol–water partition coefficient (Wildman–Crippen LogP) is 2.62. The quantitative estimate of drug-likeness (QED) is 0.698. The molecule has 0 aliphatic rings. The first-order valence-electron chi connectivity index (χ1n) is 6.79. The Bertz CT molecular complexity index is 813. The number of aromatic nitrogens is 1. The highest BCUT2D eigenvalue weighted by atomic mass is 19.2. The molecule has 7 heteroatoms. The fraction of sp³-hybridized carbons (Fsp3) is 0.333. The Morgan fingerprint density at radius 2 is 2.05 bits per heavy atom. The summed E-state index contributed by atoms with van der Waals surface area (Å²) in [6, 6.07) is 0.692. The molecule has 0 aliphatic carbocycles. The number of benzene rings is 1.